The van der Waals surface area contributed by atoms with Crippen LogP contribution >= 0.6 is 27.3 Å². The molecule has 8 aromatic rings. The Hall–Kier alpha value is -4.70. The first-order valence-electron chi connectivity index (χ1n) is 18.1. The van der Waals surface area contributed by atoms with E-state index in [1.807, 2.05) is 11.3 Å². The molecule has 0 fully saturated rings. The number of fused-ring (bicyclic) bond motifs is 8. The molecule has 0 unspecified atom stereocenters. The van der Waals surface area contributed by atoms with E-state index in [0.29, 0.717) is 0 Å². The van der Waals surface area contributed by atoms with Crippen LogP contribution in [0.5, 0.6) is 0 Å². The van der Waals surface area contributed by atoms with Crippen LogP contribution in [0.4, 0.5) is 17.1 Å². The van der Waals surface area contributed by atoms with Crippen molar-refractivity contribution in [2.45, 2.75) is 51.4 Å². The summed E-state index contributed by atoms with van der Waals surface area (Å²) < 4.78 is 3.86. The van der Waals surface area contributed by atoms with Crippen molar-refractivity contribution in [3.05, 3.63) is 159 Å². The fourth-order valence-electron chi connectivity index (χ4n) is 9.86. The lowest BCUT2D eigenvalue weighted by Gasteiger charge is -2.43. The number of rotatable bonds is 2. The van der Waals surface area contributed by atoms with Gasteiger partial charge in [0.2, 0.25) is 0 Å². The first kappa shape index (κ1) is 30.0. The topological polar surface area (TPSA) is 3.24 Å². The van der Waals surface area contributed by atoms with Crippen molar-refractivity contribution in [1.29, 1.82) is 0 Å². The number of halogens is 1. The monoisotopic (exact) mass is 737 g/mol. The van der Waals surface area contributed by atoms with Gasteiger partial charge in [-0.3, -0.25) is 0 Å². The second-order valence-electron chi connectivity index (χ2n) is 15.7. The molecule has 246 valence electrons. The standard InChI is InChI=1S/C48H36BrNS/c1-47(2)35-15-6-5-11-29(35)34-25-38-42(26-37(34)47)50(40-17-8-7-16-36(40)48(38,3)4)41-18-10-14-33-32-13-9-12-31(45(32)51-46(33)41)30-23-21-27-19-20-28-22-24-39(49)44(30)43(27)28/h5-18,21-26H,19-20H2,1-4H3. The van der Waals surface area contributed by atoms with Gasteiger partial charge in [0.15, 0.2) is 0 Å². The summed E-state index contributed by atoms with van der Waals surface area (Å²) in [6.07, 6.45) is 2.25. The van der Waals surface area contributed by atoms with Gasteiger partial charge in [0.25, 0.3) is 0 Å². The highest BCUT2D eigenvalue weighted by Gasteiger charge is 2.42. The van der Waals surface area contributed by atoms with Gasteiger partial charge >= 0.3 is 0 Å². The maximum atomic E-state index is 3.98. The zero-order valence-electron chi connectivity index (χ0n) is 29.2. The second-order valence-corrected chi connectivity index (χ2v) is 17.6. The van der Waals surface area contributed by atoms with Crippen LogP contribution in [0, 0.1) is 0 Å². The molecule has 0 radical (unpaired) electrons. The fraction of sp³-hybridized carbons (Fsp3) is 0.167. The van der Waals surface area contributed by atoms with E-state index in [4.69, 9.17) is 0 Å². The SMILES string of the molecule is CC1(C)c2ccccc2-c2cc3c(cc21)N(c1cccc2c1sc1c(-c4ccc5c6c(ccc(Br)c46)CC5)cccc12)c1ccccc1C3(C)C. The van der Waals surface area contributed by atoms with Crippen molar-refractivity contribution in [1.82, 2.24) is 0 Å². The maximum absolute atomic E-state index is 3.98. The maximum Gasteiger partial charge on any atom is 0.0640 e. The minimum Gasteiger partial charge on any atom is -0.308 e. The summed E-state index contributed by atoms with van der Waals surface area (Å²) in [6, 6.07) is 46.3. The zero-order chi connectivity index (χ0) is 34.4. The second kappa shape index (κ2) is 10.2. The van der Waals surface area contributed by atoms with Gasteiger partial charge in [-0.05, 0) is 98.6 Å². The lowest BCUT2D eigenvalue weighted by atomic mass is 9.72. The highest BCUT2D eigenvalue weighted by atomic mass is 79.9. The molecule has 3 heteroatoms. The molecular weight excluding hydrogens is 703 g/mol. The molecule has 0 N–H and O–H groups in total. The van der Waals surface area contributed by atoms with Crippen LogP contribution in [0.25, 0.3) is 53.2 Å². The summed E-state index contributed by atoms with van der Waals surface area (Å²) in [7, 11) is 0. The summed E-state index contributed by atoms with van der Waals surface area (Å²) in [4.78, 5) is 2.59. The fourth-order valence-corrected chi connectivity index (χ4v) is 11.7. The van der Waals surface area contributed by atoms with Crippen molar-refractivity contribution in [3.8, 4) is 22.3 Å². The third kappa shape index (κ3) is 3.86. The zero-order valence-corrected chi connectivity index (χ0v) is 31.6. The van der Waals surface area contributed by atoms with E-state index in [0.717, 1.165) is 12.8 Å². The van der Waals surface area contributed by atoms with E-state index in [9.17, 15) is 0 Å². The first-order valence-corrected chi connectivity index (χ1v) is 19.7. The van der Waals surface area contributed by atoms with Crippen LogP contribution in [0.3, 0.4) is 0 Å². The number of anilines is 3. The van der Waals surface area contributed by atoms with Crippen LogP contribution in [0.15, 0.2) is 126 Å². The molecule has 1 nitrogen and oxygen atoms in total. The summed E-state index contributed by atoms with van der Waals surface area (Å²) >= 11 is 5.93. The summed E-state index contributed by atoms with van der Waals surface area (Å²) in [5.41, 5.74) is 17.4. The van der Waals surface area contributed by atoms with E-state index < -0.39 is 0 Å². The van der Waals surface area contributed by atoms with E-state index in [2.05, 4.69) is 170 Å². The van der Waals surface area contributed by atoms with E-state index in [-0.39, 0.29) is 10.8 Å². The van der Waals surface area contributed by atoms with Gasteiger partial charge < -0.3 is 4.90 Å². The molecule has 1 aliphatic heterocycles. The first-order chi connectivity index (χ1) is 24.7. The van der Waals surface area contributed by atoms with Crippen LogP contribution in [0.1, 0.15) is 61.1 Å². The Kier molecular flexibility index (Phi) is 6.00. The third-order valence-corrected chi connectivity index (χ3v) is 14.4. The van der Waals surface area contributed by atoms with Crippen molar-refractivity contribution in [3.63, 3.8) is 0 Å². The van der Waals surface area contributed by atoms with E-state index in [1.165, 1.54) is 108 Å². The molecule has 0 spiro atoms. The summed E-state index contributed by atoms with van der Waals surface area (Å²) in [5, 5.41) is 5.44. The van der Waals surface area contributed by atoms with Gasteiger partial charge in [-0.15, -0.1) is 11.3 Å². The molecule has 2 aliphatic carbocycles. The molecule has 7 aromatic carbocycles. The van der Waals surface area contributed by atoms with Crippen molar-refractivity contribution in [2.75, 3.05) is 4.90 Å². The molecule has 0 saturated carbocycles. The molecule has 0 atom stereocenters. The molecule has 3 aliphatic rings. The number of para-hydroxylation sites is 1. The number of aryl methyl sites for hydroxylation is 2. The average molecular weight is 739 g/mol. The Morgan fingerprint density at radius 2 is 1.14 bits per heavy atom. The number of hydrogen-bond donors (Lipinski definition) is 0. The van der Waals surface area contributed by atoms with E-state index >= 15 is 0 Å². The molecule has 11 rings (SSSR count). The van der Waals surface area contributed by atoms with Gasteiger partial charge in [-0.2, -0.15) is 0 Å². The van der Waals surface area contributed by atoms with Gasteiger partial charge in [0.1, 0.15) is 0 Å². The molecule has 2 heterocycles. The molecule has 51 heavy (non-hydrogen) atoms. The van der Waals surface area contributed by atoms with Crippen molar-refractivity contribution < 1.29 is 0 Å². The number of benzene rings is 7. The van der Waals surface area contributed by atoms with Crippen molar-refractivity contribution >= 4 is 75.3 Å². The Labute approximate surface area is 311 Å². The predicted molar refractivity (Wildman–Crippen MR) is 222 cm³/mol. The third-order valence-electron chi connectivity index (χ3n) is 12.4. The molecule has 1 aromatic heterocycles. The van der Waals surface area contributed by atoms with Gasteiger partial charge in [0.05, 0.1) is 21.8 Å². The minimum atomic E-state index is -0.163. The Bertz CT molecular complexity index is 2820. The lowest BCUT2D eigenvalue weighted by Crippen LogP contribution is -2.31. The molecule has 0 bridgehead atoms. The Morgan fingerprint density at radius 3 is 1.96 bits per heavy atom. The average Bonchev–Trinajstić information content (AvgIpc) is 3.81. The minimum absolute atomic E-state index is 0.0832. The number of nitrogens with zero attached hydrogens (tertiary/aromatic N) is 1. The quantitative estimate of drug-likeness (QED) is 0.171. The van der Waals surface area contributed by atoms with Crippen LogP contribution in [-0.2, 0) is 23.7 Å². The smallest absolute Gasteiger partial charge is 0.0640 e. The van der Waals surface area contributed by atoms with Crippen LogP contribution < -0.4 is 4.90 Å². The van der Waals surface area contributed by atoms with E-state index in [1.54, 1.807) is 0 Å². The Morgan fingerprint density at radius 1 is 0.490 bits per heavy atom. The van der Waals surface area contributed by atoms with Crippen LogP contribution in [-0.4, -0.2) is 0 Å². The van der Waals surface area contributed by atoms with Gasteiger partial charge in [-0.1, -0.05) is 135 Å². The summed E-state index contributed by atoms with van der Waals surface area (Å²) in [6.45, 7) is 9.60. The highest BCUT2D eigenvalue weighted by Crippen LogP contribution is 2.59. The van der Waals surface area contributed by atoms with Crippen LogP contribution in [0.2, 0.25) is 0 Å². The largest absolute Gasteiger partial charge is 0.308 e. The van der Waals surface area contributed by atoms with Gasteiger partial charge in [-0.25, -0.2) is 0 Å². The number of thiophene rings is 1. The highest BCUT2D eigenvalue weighted by molar-refractivity contribution is 9.10. The Balaban J connectivity index is 1.19. The summed E-state index contributed by atoms with van der Waals surface area (Å²) in [5.74, 6) is 0. The van der Waals surface area contributed by atoms with Gasteiger partial charge in [0, 0.05) is 41.7 Å². The normalized spacial score (nSPS) is 16.1. The molecule has 0 amide bonds. The lowest BCUT2D eigenvalue weighted by molar-refractivity contribution is 0.627. The molecular formula is C48H36BrNS. The molecule has 0 saturated heterocycles. The van der Waals surface area contributed by atoms with Crippen molar-refractivity contribution in [2.24, 2.45) is 0 Å². The predicted octanol–water partition coefficient (Wildman–Crippen LogP) is 14.2. The number of hydrogen-bond acceptors (Lipinski definition) is 2.